The zero-order valence-corrected chi connectivity index (χ0v) is 16.2. The number of pyridine rings is 1. The second-order valence-electron chi connectivity index (χ2n) is 6.99. The van der Waals surface area contributed by atoms with Crippen molar-refractivity contribution in [1.82, 2.24) is 9.29 Å². The molecule has 140 valence electrons. The molecular formula is C21H22N2O3S. The van der Waals surface area contributed by atoms with E-state index in [-0.39, 0.29) is 6.10 Å². The van der Waals surface area contributed by atoms with Gasteiger partial charge >= 0.3 is 0 Å². The van der Waals surface area contributed by atoms with Gasteiger partial charge in [-0.2, -0.15) is 4.31 Å². The fraction of sp³-hybridized carbons (Fsp3) is 0.286. The van der Waals surface area contributed by atoms with Crippen LogP contribution in [0.5, 0.6) is 5.75 Å². The van der Waals surface area contributed by atoms with Crippen LogP contribution in [0.15, 0.2) is 59.6 Å². The topological polar surface area (TPSA) is 59.5 Å². The lowest BCUT2D eigenvalue weighted by atomic mass is 10.2. The predicted octanol–water partition coefficient (Wildman–Crippen LogP) is 3.69. The van der Waals surface area contributed by atoms with Crippen LogP contribution in [0.3, 0.4) is 0 Å². The van der Waals surface area contributed by atoms with Crippen LogP contribution in [0.1, 0.15) is 17.5 Å². The molecule has 1 aromatic heterocycles. The first-order chi connectivity index (χ1) is 12.9. The van der Waals surface area contributed by atoms with Gasteiger partial charge in [-0.1, -0.05) is 30.3 Å². The zero-order chi connectivity index (χ0) is 19.0. The van der Waals surface area contributed by atoms with Crippen LogP contribution >= 0.6 is 0 Å². The van der Waals surface area contributed by atoms with Crippen LogP contribution in [-0.4, -0.2) is 36.9 Å². The van der Waals surface area contributed by atoms with E-state index in [1.54, 1.807) is 12.3 Å². The molecule has 0 amide bonds. The van der Waals surface area contributed by atoms with Crippen LogP contribution in [0.2, 0.25) is 0 Å². The Balaban J connectivity index is 1.56. The summed E-state index contributed by atoms with van der Waals surface area (Å²) in [7, 11) is -3.52. The standard InChI is InChI=1S/C21H22N2O3S/c1-15-8-9-16(2)20(13-15)27(24,25)23-12-10-18(14-23)26-19-7-3-5-17-6-4-11-22-21(17)19/h3-9,11,13,18H,10,12,14H2,1-2H3. The van der Waals surface area contributed by atoms with E-state index in [0.29, 0.717) is 30.2 Å². The van der Waals surface area contributed by atoms with Crippen molar-refractivity contribution in [3.05, 3.63) is 65.9 Å². The average molecular weight is 382 g/mol. The molecule has 4 rings (SSSR count). The van der Waals surface area contributed by atoms with E-state index in [0.717, 1.165) is 22.0 Å². The molecule has 1 aliphatic rings. The van der Waals surface area contributed by atoms with Gasteiger partial charge in [0.2, 0.25) is 10.0 Å². The summed E-state index contributed by atoms with van der Waals surface area (Å²) >= 11 is 0. The summed E-state index contributed by atoms with van der Waals surface area (Å²) in [6.45, 7) is 4.54. The molecule has 2 aromatic carbocycles. The van der Waals surface area contributed by atoms with E-state index < -0.39 is 10.0 Å². The van der Waals surface area contributed by atoms with Gasteiger partial charge in [0.15, 0.2) is 0 Å². The summed E-state index contributed by atoms with van der Waals surface area (Å²) in [6.07, 6.45) is 2.21. The first kappa shape index (κ1) is 17.9. The maximum absolute atomic E-state index is 13.1. The third-order valence-electron chi connectivity index (χ3n) is 4.96. The fourth-order valence-corrected chi connectivity index (χ4v) is 5.28. The third kappa shape index (κ3) is 3.42. The highest BCUT2D eigenvalue weighted by molar-refractivity contribution is 7.89. The van der Waals surface area contributed by atoms with E-state index in [9.17, 15) is 8.42 Å². The normalized spacial score (nSPS) is 18.1. The number of rotatable bonds is 4. The van der Waals surface area contributed by atoms with E-state index >= 15 is 0 Å². The number of nitrogens with zero attached hydrogens (tertiary/aromatic N) is 2. The Kier molecular flexibility index (Phi) is 4.61. The Labute approximate surface area is 159 Å². The van der Waals surface area contributed by atoms with Crippen molar-refractivity contribution in [2.24, 2.45) is 0 Å². The molecule has 1 saturated heterocycles. The van der Waals surface area contributed by atoms with Crippen molar-refractivity contribution in [1.29, 1.82) is 0 Å². The largest absolute Gasteiger partial charge is 0.487 e. The van der Waals surface area contributed by atoms with Gasteiger partial charge in [-0.3, -0.25) is 4.98 Å². The molecule has 1 fully saturated rings. The smallest absolute Gasteiger partial charge is 0.243 e. The Morgan fingerprint density at radius 1 is 1.11 bits per heavy atom. The average Bonchev–Trinajstić information content (AvgIpc) is 3.13. The summed E-state index contributed by atoms with van der Waals surface area (Å²) in [5.74, 6) is 0.698. The number of hydrogen-bond acceptors (Lipinski definition) is 4. The van der Waals surface area contributed by atoms with Gasteiger partial charge in [-0.05, 0) is 49.6 Å². The number of sulfonamides is 1. The van der Waals surface area contributed by atoms with E-state index in [2.05, 4.69) is 4.98 Å². The molecule has 0 N–H and O–H groups in total. The van der Waals surface area contributed by atoms with Gasteiger partial charge < -0.3 is 4.74 Å². The van der Waals surface area contributed by atoms with Crippen molar-refractivity contribution >= 4 is 20.9 Å². The Morgan fingerprint density at radius 3 is 2.78 bits per heavy atom. The molecule has 0 saturated carbocycles. The molecule has 6 heteroatoms. The number of fused-ring (bicyclic) bond motifs is 1. The predicted molar refractivity (Wildman–Crippen MR) is 105 cm³/mol. The van der Waals surface area contributed by atoms with Crippen LogP contribution in [0, 0.1) is 13.8 Å². The van der Waals surface area contributed by atoms with Gasteiger partial charge in [-0.15, -0.1) is 0 Å². The Hall–Kier alpha value is -2.44. The van der Waals surface area contributed by atoms with Crippen molar-refractivity contribution in [3.63, 3.8) is 0 Å². The summed E-state index contributed by atoms with van der Waals surface area (Å²) in [6, 6.07) is 15.2. The summed E-state index contributed by atoms with van der Waals surface area (Å²) in [5.41, 5.74) is 2.51. The summed E-state index contributed by atoms with van der Waals surface area (Å²) in [5, 5.41) is 1.01. The molecule has 2 heterocycles. The maximum Gasteiger partial charge on any atom is 0.243 e. The summed E-state index contributed by atoms with van der Waals surface area (Å²) < 4.78 is 33.8. The number of hydrogen-bond donors (Lipinski definition) is 0. The highest BCUT2D eigenvalue weighted by Gasteiger charge is 2.34. The van der Waals surface area contributed by atoms with Crippen LogP contribution in [-0.2, 0) is 10.0 Å². The first-order valence-electron chi connectivity index (χ1n) is 9.03. The molecule has 0 spiro atoms. The third-order valence-corrected chi connectivity index (χ3v) is 6.97. The van der Waals surface area contributed by atoms with E-state index in [1.807, 2.05) is 56.3 Å². The van der Waals surface area contributed by atoms with Crippen molar-refractivity contribution in [3.8, 4) is 5.75 Å². The lowest BCUT2D eigenvalue weighted by Crippen LogP contribution is -2.31. The minimum absolute atomic E-state index is 0.183. The molecule has 27 heavy (non-hydrogen) atoms. The summed E-state index contributed by atoms with van der Waals surface area (Å²) in [4.78, 5) is 4.79. The second kappa shape index (κ2) is 6.94. The van der Waals surface area contributed by atoms with Crippen molar-refractivity contribution < 1.29 is 13.2 Å². The minimum atomic E-state index is -3.52. The van der Waals surface area contributed by atoms with Gasteiger partial charge in [0.25, 0.3) is 0 Å². The highest BCUT2D eigenvalue weighted by atomic mass is 32.2. The quantitative estimate of drug-likeness (QED) is 0.690. The van der Waals surface area contributed by atoms with E-state index in [4.69, 9.17) is 4.74 Å². The van der Waals surface area contributed by atoms with Crippen LogP contribution in [0.25, 0.3) is 10.9 Å². The van der Waals surface area contributed by atoms with Crippen LogP contribution < -0.4 is 4.74 Å². The number of aryl methyl sites for hydroxylation is 2. The van der Waals surface area contributed by atoms with E-state index in [1.165, 1.54) is 4.31 Å². The van der Waals surface area contributed by atoms with Gasteiger partial charge in [0.1, 0.15) is 17.4 Å². The SMILES string of the molecule is Cc1ccc(C)c(S(=O)(=O)N2CCC(Oc3cccc4cccnc34)C2)c1. The highest BCUT2D eigenvalue weighted by Crippen LogP contribution is 2.29. The second-order valence-corrected chi connectivity index (χ2v) is 8.90. The molecule has 0 aliphatic carbocycles. The van der Waals surface area contributed by atoms with Crippen LogP contribution in [0.4, 0.5) is 0 Å². The molecule has 5 nitrogen and oxygen atoms in total. The molecule has 1 atom stereocenters. The monoisotopic (exact) mass is 382 g/mol. The Morgan fingerprint density at radius 2 is 1.93 bits per heavy atom. The number of ether oxygens (including phenoxy) is 1. The van der Waals surface area contributed by atoms with Crippen molar-refractivity contribution in [2.75, 3.05) is 13.1 Å². The molecule has 0 radical (unpaired) electrons. The van der Waals surface area contributed by atoms with Gasteiger partial charge in [-0.25, -0.2) is 8.42 Å². The molecule has 3 aromatic rings. The zero-order valence-electron chi connectivity index (χ0n) is 15.4. The molecular weight excluding hydrogens is 360 g/mol. The van der Waals surface area contributed by atoms with Gasteiger partial charge in [0.05, 0.1) is 11.4 Å². The number of benzene rings is 2. The lowest BCUT2D eigenvalue weighted by Gasteiger charge is -2.19. The van der Waals surface area contributed by atoms with Gasteiger partial charge in [0, 0.05) is 18.1 Å². The first-order valence-corrected chi connectivity index (χ1v) is 10.5. The Bertz CT molecular complexity index is 1090. The van der Waals surface area contributed by atoms with Crippen molar-refractivity contribution in [2.45, 2.75) is 31.3 Å². The lowest BCUT2D eigenvalue weighted by molar-refractivity contribution is 0.218. The number of aromatic nitrogens is 1. The maximum atomic E-state index is 13.1. The minimum Gasteiger partial charge on any atom is -0.487 e. The molecule has 1 aliphatic heterocycles. The number of para-hydroxylation sites is 1. The molecule has 0 bridgehead atoms. The molecule has 1 unspecified atom stereocenters. The fourth-order valence-electron chi connectivity index (χ4n) is 3.49.